The van der Waals surface area contributed by atoms with Crippen LogP contribution in [0, 0.1) is 0 Å². The van der Waals surface area contributed by atoms with E-state index in [1.807, 2.05) is 19.1 Å². The van der Waals surface area contributed by atoms with Gasteiger partial charge in [-0.05, 0) is 13.3 Å². The summed E-state index contributed by atoms with van der Waals surface area (Å²) in [6.45, 7) is 1.99. The molecule has 1 fully saturated rings. The van der Waals surface area contributed by atoms with Crippen molar-refractivity contribution in [1.29, 1.82) is 0 Å². The van der Waals surface area contributed by atoms with Crippen molar-refractivity contribution in [3.8, 4) is 0 Å². The van der Waals surface area contributed by atoms with Gasteiger partial charge in [0.1, 0.15) is 12.6 Å². The van der Waals surface area contributed by atoms with Crippen LogP contribution in [0.4, 0.5) is 4.79 Å². The molecule has 0 aromatic carbocycles. The summed E-state index contributed by atoms with van der Waals surface area (Å²) in [7, 11) is 0. The highest BCUT2D eigenvalue weighted by Gasteiger charge is 2.34. The molecule has 0 aliphatic carbocycles. The van der Waals surface area contributed by atoms with E-state index in [1.54, 1.807) is 0 Å². The maximum Gasteiger partial charge on any atom is 0.328 e. The number of allylic oxidation sites excluding steroid dienone is 1. The number of hydrogen-bond donors (Lipinski definition) is 3. The fraction of sp³-hybridized carbons (Fsp3) is 0.545. The Bertz CT molecular complexity index is 367. The number of aliphatic carboxylic acids is 1. The number of nitrogens with one attached hydrogen (secondary N) is 2. The van der Waals surface area contributed by atoms with Gasteiger partial charge in [-0.2, -0.15) is 0 Å². The van der Waals surface area contributed by atoms with Gasteiger partial charge in [-0.25, -0.2) is 9.59 Å². The maximum absolute atomic E-state index is 11.8. The van der Waals surface area contributed by atoms with Crippen molar-refractivity contribution in [2.75, 3.05) is 19.6 Å². The predicted molar refractivity (Wildman–Crippen MR) is 64.0 cm³/mol. The zero-order chi connectivity index (χ0) is 13.5. The van der Waals surface area contributed by atoms with Crippen molar-refractivity contribution in [1.82, 2.24) is 15.5 Å². The Morgan fingerprint density at radius 1 is 1.61 bits per heavy atom. The van der Waals surface area contributed by atoms with Gasteiger partial charge in [-0.1, -0.05) is 12.2 Å². The molecule has 0 saturated carbocycles. The molecule has 18 heavy (non-hydrogen) atoms. The van der Waals surface area contributed by atoms with Crippen molar-refractivity contribution >= 4 is 17.9 Å². The number of piperazine rings is 1. The maximum atomic E-state index is 11.8. The molecule has 0 bridgehead atoms. The molecule has 0 spiro atoms. The zero-order valence-electron chi connectivity index (χ0n) is 10.2. The Labute approximate surface area is 105 Å². The third kappa shape index (κ3) is 3.76. The van der Waals surface area contributed by atoms with Crippen molar-refractivity contribution in [3.05, 3.63) is 12.2 Å². The van der Waals surface area contributed by atoms with E-state index >= 15 is 0 Å². The van der Waals surface area contributed by atoms with Crippen molar-refractivity contribution in [3.63, 3.8) is 0 Å². The normalized spacial score (nSPS) is 19.7. The lowest BCUT2D eigenvalue weighted by Crippen LogP contribution is -2.61. The average Bonchev–Trinajstić information content (AvgIpc) is 2.34. The third-order valence-electron chi connectivity index (χ3n) is 2.55. The fourth-order valence-corrected chi connectivity index (χ4v) is 1.61. The molecule has 1 atom stereocenters. The fourth-order valence-electron chi connectivity index (χ4n) is 1.61. The third-order valence-corrected chi connectivity index (χ3v) is 2.55. The Morgan fingerprint density at radius 2 is 2.33 bits per heavy atom. The number of rotatable bonds is 4. The van der Waals surface area contributed by atoms with Gasteiger partial charge in [0.2, 0.25) is 5.91 Å². The molecule has 1 unspecified atom stereocenters. The van der Waals surface area contributed by atoms with Crippen LogP contribution >= 0.6 is 0 Å². The second kappa shape index (κ2) is 6.63. The van der Waals surface area contributed by atoms with Gasteiger partial charge in [0.05, 0.1) is 0 Å². The van der Waals surface area contributed by atoms with Crippen LogP contribution < -0.4 is 10.6 Å². The van der Waals surface area contributed by atoms with Crippen molar-refractivity contribution in [2.45, 2.75) is 19.4 Å². The van der Waals surface area contributed by atoms with Crippen LogP contribution in [-0.4, -0.2) is 53.6 Å². The molecule has 3 N–H and O–H groups in total. The molecule has 3 amide bonds. The minimum Gasteiger partial charge on any atom is -0.480 e. The van der Waals surface area contributed by atoms with Crippen molar-refractivity contribution in [2.24, 2.45) is 0 Å². The van der Waals surface area contributed by atoms with E-state index in [-0.39, 0.29) is 19.0 Å². The topological polar surface area (TPSA) is 98.7 Å². The molecule has 0 radical (unpaired) electrons. The molecule has 1 heterocycles. The van der Waals surface area contributed by atoms with E-state index < -0.39 is 18.0 Å². The van der Waals surface area contributed by atoms with Crippen LogP contribution in [0.5, 0.6) is 0 Å². The largest absolute Gasteiger partial charge is 0.480 e. The van der Waals surface area contributed by atoms with E-state index in [1.165, 1.54) is 0 Å². The first kappa shape index (κ1) is 14.0. The van der Waals surface area contributed by atoms with Gasteiger partial charge in [-0.15, -0.1) is 0 Å². The van der Waals surface area contributed by atoms with E-state index in [2.05, 4.69) is 10.6 Å². The monoisotopic (exact) mass is 255 g/mol. The minimum atomic E-state index is -1.13. The number of nitrogens with zero attached hydrogens (tertiary/aromatic N) is 1. The second-order valence-corrected chi connectivity index (χ2v) is 3.88. The molecule has 0 aromatic heterocycles. The smallest absolute Gasteiger partial charge is 0.328 e. The standard InChI is InChI=1S/C11H17N3O4/c1-2-3-4-5-12-11(18)14-7-9(15)13-6-8(14)10(16)17/h2-3,8H,4-7H2,1H3,(H,12,18)(H,13,15)(H,16,17)/b3-2+. The summed E-state index contributed by atoms with van der Waals surface area (Å²) in [5.74, 6) is -1.48. The number of amides is 3. The van der Waals surface area contributed by atoms with Crippen LogP contribution in [0.25, 0.3) is 0 Å². The molecule has 7 nitrogen and oxygen atoms in total. The average molecular weight is 255 g/mol. The lowest BCUT2D eigenvalue weighted by molar-refractivity contribution is -0.144. The van der Waals surface area contributed by atoms with Gasteiger partial charge in [0, 0.05) is 13.1 Å². The highest BCUT2D eigenvalue weighted by Crippen LogP contribution is 2.04. The quantitative estimate of drug-likeness (QED) is 0.468. The summed E-state index contributed by atoms with van der Waals surface area (Å²) in [6.07, 6.45) is 4.42. The number of carbonyl (C=O) groups is 3. The van der Waals surface area contributed by atoms with E-state index in [4.69, 9.17) is 5.11 Å². The van der Waals surface area contributed by atoms with Gasteiger partial charge in [0.15, 0.2) is 0 Å². The zero-order valence-corrected chi connectivity index (χ0v) is 10.2. The molecular weight excluding hydrogens is 238 g/mol. The highest BCUT2D eigenvalue weighted by molar-refractivity contribution is 5.90. The molecule has 0 aromatic rings. The molecule has 1 aliphatic rings. The van der Waals surface area contributed by atoms with Crippen LogP contribution in [0.2, 0.25) is 0 Å². The molecule has 1 rings (SSSR count). The number of hydrogen-bond acceptors (Lipinski definition) is 3. The van der Waals surface area contributed by atoms with Crippen LogP contribution in [0.1, 0.15) is 13.3 Å². The van der Waals surface area contributed by atoms with E-state index in [0.29, 0.717) is 13.0 Å². The number of carboxylic acid groups (broad SMARTS) is 1. The molecular formula is C11H17N3O4. The lowest BCUT2D eigenvalue weighted by atomic mass is 10.2. The number of carbonyl (C=O) groups excluding carboxylic acids is 2. The first-order valence-corrected chi connectivity index (χ1v) is 5.71. The summed E-state index contributed by atoms with van der Waals surface area (Å²) < 4.78 is 0. The summed E-state index contributed by atoms with van der Waals surface area (Å²) in [5.41, 5.74) is 0. The van der Waals surface area contributed by atoms with E-state index in [0.717, 1.165) is 4.90 Å². The predicted octanol–water partition coefficient (Wildman–Crippen LogP) is -0.453. The Morgan fingerprint density at radius 3 is 2.94 bits per heavy atom. The Kier molecular flexibility index (Phi) is 5.16. The Balaban J connectivity index is 2.55. The van der Waals surface area contributed by atoms with Crippen LogP contribution in [-0.2, 0) is 9.59 Å². The van der Waals surface area contributed by atoms with Crippen LogP contribution in [0.15, 0.2) is 12.2 Å². The Hall–Kier alpha value is -2.05. The van der Waals surface area contributed by atoms with Gasteiger partial charge < -0.3 is 15.7 Å². The molecule has 1 saturated heterocycles. The lowest BCUT2D eigenvalue weighted by Gasteiger charge is -2.32. The summed E-state index contributed by atoms with van der Waals surface area (Å²) >= 11 is 0. The van der Waals surface area contributed by atoms with Crippen molar-refractivity contribution < 1.29 is 19.5 Å². The second-order valence-electron chi connectivity index (χ2n) is 3.88. The SMILES string of the molecule is C/C=C/CCNC(=O)N1CC(=O)NCC1C(=O)O. The number of carboxylic acids is 1. The van der Waals surface area contributed by atoms with Gasteiger partial charge >= 0.3 is 12.0 Å². The first-order valence-electron chi connectivity index (χ1n) is 5.71. The molecule has 1 aliphatic heterocycles. The summed E-state index contributed by atoms with van der Waals surface area (Å²) in [5, 5.41) is 14.0. The van der Waals surface area contributed by atoms with Gasteiger partial charge in [0.25, 0.3) is 0 Å². The summed E-state index contributed by atoms with van der Waals surface area (Å²) in [6, 6.07) is -1.54. The molecule has 100 valence electrons. The number of urea groups is 1. The first-order chi connectivity index (χ1) is 8.56. The molecule has 7 heteroatoms. The minimum absolute atomic E-state index is 0.0591. The highest BCUT2D eigenvalue weighted by atomic mass is 16.4. The summed E-state index contributed by atoms with van der Waals surface area (Å²) in [4.78, 5) is 35.0. The van der Waals surface area contributed by atoms with Gasteiger partial charge in [-0.3, -0.25) is 9.69 Å². The van der Waals surface area contributed by atoms with Crippen LogP contribution in [0.3, 0.4) is 0 Å². The van der Waals surface area contributed by atoms with E-state index in [9.17, 15) is 14.4 Å².